The molecule has 1 aliphatic heterocycles. The van der Waals surface area contributed by atoms with E-state index in [4.69, 9.17) is 14.2 Å². The third-order valence-corrected chi connectivity index (χ3v) is 7.99. The van der Waals surface area contributed by atoms with Crippen LogP contribution in [-0.2, 0) is 34.0 Å². The predicted molar refractivity (Wildman–Crippen MR) is 165 cm³/mol. The Morgan fingerprint density at radius 1 is 0.837 bits per heavy atom. The maximum atomic E-state index is 12.6. The molecule has 4 aromatic rings. The van der Waals surface area contributed by atoms with Crippen LogP contribution in [-0.4, -0.2) is 67.1 Å². The minimum absolute atomic E-state index is 0.0791. The summed E-state index contributed by atoms with van der Waals surface area (Å²) in [4.78, 5) is 27.6. The van der Waals surface area contributed by atoms with E-state index in [2.05, 4.69) is 30.3 Å². The number of ether oxygens (including phenoxy) is 3. The lowest BCUT2D eigenvalue weighted by Gasteiger charge is -2.42. The second-order valence-corrected chi connectivity index (χ2v) is 11.1. The van der Waals surface area contributed by atoms with Crippen molar-refractivity contribution in [1.29, 1.82) is 0 Å². The van der Waals surface area contributed by atoms with Gasteiger partial charge in [-0.15, -0.1) is 0 Å². The van der Waals surface area contributed by atoms with Crippen molar-refractivity contribution in [2.75, 3.05) is 33.9 Å². The average Bonchev–Trinajstić information content (AvgIpc) is 3.03. The van der Waals surface area contributed by atoms with Gasteiger partial charge in [0, 0.05) is 39.1 Å². The van der Waals surface area contributed by atoms with E-state index in [1.165, 1.54) is 4.90 Å². The molecule has 224 valence electrons. The van der Waals surface area contributed by atoms with Crippen LogP contribution in [0.4, 0.5) is 9.59 Å². The van der Waals surface area contributed by atoms with E-state index in [9.17, 15) is 14.7 Å². The van der Waals surface area contributed by atoms with E-state index < -0.39 is 12.2 Å². The van der Waals surface area contributed by atoms with Gasteiger partial charge in [-0.05, 0) is 39.1 Å². The monoisotopic (exact) mass is 582 g/mol. The molecular weight excluding hydrogens is 544 g/mol. The Balaban J connectivity index is 1.28. The highest BCUT2D eigenvalue weighted by Gasteiger charge is 2.40. The Labute approximate surface area is 252 Å². The standard InChI is InChI=1S/C35H38N2O6/c1-36(19-25-8-4-3-5-9-25)35(40)43-22-26-12-16-29(17-13-26)33-31(24-41-2)20-37(34(38)39)21-32(33)42-23-27-14-15-28-10-6-7-11-30(28)18-27/h3-18,31-33H,19-24H2,1-2H3,(H,38,39). The van der Waals surface area contributed by atoms with Crippen molar-refractivity contribution >= 4 is 23.0 Å². The van der Waals surface area contributed by atoms with Crippen LogP contribution in [0.15, 0.2) is 97.1 Å². The second-order valence-electron chi connectivity index (χ2n) is 11.1. The van der Waals surface area contributed by atoms with Crippen LogP contribution in [0, 0.1) is 5.92 Å². The minimum Gasteiger partial charge on any atom is -0.465 e. The topological polar surface area (TPSA) is 88.5 Å². The number of hydrogen-bond acceptors (Lipinski definition) is 5. The van der Waals surface area contributed by atoms with Crippen molar-refractivity contribution in [1.82, 2.24) is 9.80 Å². The number of piperidine rings is 1. The number of carbonyl (C=O) groups excluding carboxylic acids is 1. The maximum absolute atomic E-state index is 12.6. The van der Waals surface area contributed by atoms with Gasteiger partial charge >= 0.3 is 12.2 Å². The fourth-order valence-electron chi connectivity index (χ4n) is 5.82. The largest absolute Gasteiger partial charge is 0.465 e. The Morgan fingerprint density at radius 2 is 1.53 bits per heavy atom. The highest BCUT2D eigenvalue weighted by molar-refractivity contribution is 5.82. The van der Waals surface area contributed by atoms with Crippen molar-refractivity contribution in [3.63, 3.8) is 0 Å². The van der Waals surface area contributed by atoms with Crippen LogP contribution in [0.5, 0.6) is 0 Å². The van der Waals surface area contributed by atoms with E-state index in [-0.39, 0.29) is 31.1 Å². The first-order valence-corrected chi connectivity index (χ1v) is 14.5. The van der Waals surface area contributed by atoms with Crippen molar-refractivity contribution in [2.45, 2.75) is 31.8 Å². The van der Waals surface area contributed by atoms with Crippen molar-refractivity contribution in [2.24, 2.45) is 5.92 Å². The maximum Gasteiger partial charge on any atom is 0.410 e. The molecule has 0 bridgehead atoms. The summed E-state index contributed by atoms with van der Waals surface area (Å²) in [5.41, 5.74) is 3.96. The Bertz CT molecular complexity index is 1510. The molecule has 2 amide bonds. The predicted octanol–water partition coefficient (Wildman–Crippen LogP) is 6.53. The number of hydrogen-bond donors (Lipinski definition) is 1. The van der Waals surface area contributed by atoms with Crippen LogP contribution in [0.2, 0.25) is 0 Å². The van der Waals surface area contributed by atoms with Crippen LogP contribution in [0.3, 0.4) is 0 Å². The van der Waals surface area contributed by atoms with Crippen molar-refractivity contribution in [3.05, 3.63) is 119 Å². The second kappa shape index (κ2) is 14.2. The van der Waals surface area contributed by atoms with Gasteiger partial charge < -0.3 is 29.1 Å². The summed E-state index contributed by atoms with van der Waals surface area (Å²) in [6.45, 7) is 2.01. The van der Waals surface area contributed by atoms with E-state index >= 15 is 0 Å². The number of methoxy groups -OCH3 is 1. The molecule has 43 heavy (non-hydrogen) atoms. The zero-order valence-corrected chi connectivity index (χ0v) is 24.6. The summed E-state index contributed by atoms with van der Waals surface area (Å²) in [7, 11) is 3.35. The lowest BCUT2D eigenvalue weighted by atomic mass is 9.78. The first-order chi connectivity index (χ1) is 20.9. The first kappa shape index (κ1) is 30.1. The molecule has 4 aromatic carbocycles. The Morgan fingerprint density at radius 3 is 2.26 bits per heavy atom. The molecule has 0 radical (unpaired) electrons. The molecule has 0 aliphatic carbocycles. The van der Waals surface area contributed by atoms with Gasteiger partial charge in [0.15, 0.2) is 0 Å². The molecule has 8 nitrogen and oxygen atoms in total. The van der Waals surface area contributed by atoms with Crippen LogP contribution in [0.25, 0.3) is 10.8 Å². The molecule has 1 saturated heterocycles. The van der Waals surface area contributed by atoms with E-state index in [0.717, 1.165) is 33.0 Å². The normalized spacial score (nSPS) is 18.4. The molecular formula is C35H38N2O6. The molecule has 8 heteroatoms. The SMILES string of the molecule is COCC1CN(C(=O)O)CC(OCc2ccc3ccccc3c2)C1c1ccc(COC(=O)N(C)Cc2ccccc2)cc1. The minimum atomic E-state index is -0.965. The summed E-state index contributed by atoms with van der Waals surface area (Å²) >= 11 is 0. The van der Waals surface area contributed by atoms with Gasteiger partial charge in [-0.25, -0.2) is 9.59 Å². The molecule has 1 N–H and O–H groups in total. The van der Waals surface area contributed by atoms with Crippen LogP contribution >= 0.6 is 0 Å². The number of likely N-dealkylation sites (tertiary alicyclic amines) is 1. The van der Waals surface area contributed by atoms with Gasteiger partial charge in [0.2, 0.25) is 0 Å². The summed E-state index contributed by atoms with van der Waals surface area (Å²) in [6, 6.07) is 32.1. The van der Waals surface area contributed by atoms with Gasteiger partial charge in [0.1, 0.15) is 6.61 Å². The smallest absolute Gasteiger partial charge is 0.410 e. The molecule has 1 aliphatic rings. The number of amides is 2. The number of carbonyl (C=O) groups is 2. The molecule has 0 saturated carbocycles. The number of carboxylic acid groups (broad SMARTS) is 1. The fraction of sp³-hybridized carbons (Fsp3) is 0.314. The zero-order valence-electron chi connectivity index (χ0n) is 24.6. The number of fused-ring (bicyclic) bond motifs is 1. The molecule has 1 heterocycles. The van der Waals surface area contributed by atoms with E-state index in [0.29, 0.717) is 26.3 Å². The van der Waals surface area contributed by atoms with E-state index in [1.807, 2.05) is 66.7 Å². The molecule has 5 rings (SSSR count). The number of benzene rings is 4. The number of rotatable bonds is 10. The lowest BCUT2D eigenvalue weighted by Crippen LogP contribution is -2.52. The summed E-state index contributed by atoms with van der Waals surface area (Å²) in [5.74, 6) is -0.170. The molecule has 0 spiro atoms. The van der Waals surface area contributed by atoms with Gasteiger partial charge in [0.25, 0.3) is 0 Å². The van der Waals surface area contributed by atoms with Gasteiger partial charge in [-0.2, -0.15) is 0 Å². The first-order valence-electron chi connectivity index (χ1n) is 14.5. The average molecular weight is 583 g/mol. The molecule has 1 fully saturated rings. The van der Waals surface area contributed by atoms with Gasteiger partial charge in [-0.3, -0.25) is 0 Å². The third kappa shape index (κ3) is 7.71. The quantitative estimate of drug-likeness (QED) is 0.229. The van der Waals surface area contributed by atoms with Gasteiger partial charge in [0.05, 0.1) is 25.9 Å². The highest BCUT2D eigenvalue weighted by atomic mass is 16.6. The number of nitrogens with zero attached hydrogens (tertiary/aromatic N) is 2. The van der Waals surface area contributed by atoms with Crippen molar-refractivity contribution in [3.8, 4) is 0 Å². The van der Waals surface area contributed by atoms with E-state index in [1.54, 1.807) is 19.1 Å². The lowest BCUT2D eigenvalue weighted by molar-refractivity contribution is -0.0518. The molecule has 3 atom stereocenters. The summed E-state index contributed by atoms with van der Waals surface area (Å²) in [5, 5.41) is 12.1. The van der Waals surface area contributed by atoms with Crippen LogP contribution < -0.4 is 0 Å². The van der Waals surface area contributed by atoms with Crippen molar-refractivity contribution < 1.29 is 28.9 Å². The Hall–Kier alpha value is -4.40. The zero-order chi connectivity index (χ0) is 30.2. The van der Waals surface area contributed by atoms with Crippen LogP contribution in [0.1, 0.15) is 28.2 Å². The molecule has 3 unspecified atom stereocenters. The Kier molecular flexibility index (Phi) is 9.92. The molecule has 0 aromatic heterocycles. The highest BCUT2D eigenvalue weighted by Crippen LogP contribution is 2.36. The summed E-state index contributed by atoms with van der Waals surface area (Å²) in [6.07, 6.45) is -1.73. The summed E-state index contributed by atoms with van der Waals surface area (Å²) < 4.78 is 17.6. The van der Waals surface area contributed by atoms with Gasteiger partial charge in [-0.1, -0.05) is 91.0 Å². The third-order valence-electron chi connectivity index (χ3n) is 7.99. The fourth-order valence-corrected chi connectivity index (χ4v) is 5.82.